The molecular formula is C15H23ClN2. The molecule has 1 aliphatic heterocycles. The average Bonchev–Trinajstić information content (AvgIpc) is 2.77. The summed E-state index contributed by atoms with van der Waals surface area (Å²) in [5, 5.41) is 4.43. The summed E-state index contributed by atoms with van der Waals surface area (Å²) in [6.45, 7) is 7.66. The summed E-state index contributed by atoms with van der Waals surface area (Å²) in [4.78, 5) is 2.55. The van der Waals surface area contributed by atoms with E-state index < -0.39 is 0 Å². The largest absolute Gasteiger partial charge is 0.313 e. The van der Waals surface area contributed by atoms with E-state index in [1.807, 2.05) is 12.1 Å². The highest BCUT2D eigenvalue weighted by molar-refractivity contribution is 6.31. The van der Waals surface area contributed by atoms with E-state index in [2.05, 4.69) is 36.2 Å². The minimum atomic E-state index is 0.563. The van der Waals surface area contributed by atoms with Gasteiger partial charge in [-0.2, -0.15) is 0 Å². The zero-order valence-electron chi connectivity index (χ0n) is 11.3. The molecule has 0 aromatic heterocycles. The maximum absolute atomic E-state index is 6.24. The Balaban J connectivity index is 1.93. The van der Waals surface area contributed by atoms with Crippen molar-refractivity contribution in [2.45, 2.75) is 45.3 Å². The fourth-order valence-corrected chi connectivity index (χ4v) is 2.75. The molecule has 0 amide bonds. The SMILES string of the molecule is CC(C)NCC1CCCN1Cc1ccccc1Cl. The van der Waals surface area contributed by atoms with Gasteiger partial charge in [0.1, 0.15) is 0 Å². The smallest absolute Gasteiger partial charge is 0.0451 e. The fraction of sp³-hybridized carbons (Fsp3) is 0.600. The van der Waals surface area contributed by atoms with Crippen molar-refractivity contribution in [1.82, 2.24) is 10.2 Å². The van der Waals surface area contributed by atoms with Gasteiger partial charge in [-0.3, -0.25) is 4.90 Å². The highest BCUT2D eigenvalue weighted by Gasteiger charge is 2.24. The molecule has 1 heterocycles. The maximum Gasteiger partial charge on any atom is 0.0451 e. The van der Waals surface area contributed by atoms with Gasteiger partial charge in [0.15, 0.2) is 0 Å². The van der Waals surface area contributed by atoms with Gasteiger partial charge in [-0.1, -0.05) is 43.6 Å². The molecule has 1 unspecified atom stereocenters. The van der Waals surface area contributed by atoms with E-state index in [0.29, 0.717) is 12.1 Å². The number of halogens is 1. The van der Waals surface area contributed by atoms with Gasteiger partial charge >= 0.3 is 0 Å². The van der Waals surface area contributed by atoms with Gasteiger partial charge in [0.05, 0.1) is 0 Å². The van der Waals surface area contributed by atoms with Gasteiger partial charge in [-0.15, -0.1) is 0 Å². The minimum absolute atomic E-state index is 0.563. The Morgan fingerprint density at radius 2 is 2.17 bits per heavy atom. The van der Waals surface area contributed by atoms with Crippen LogP contribution in [0, 0.1) is 0 Å². The molecule has 2 rings (SSSR count). The van der Waals surface area contributed by atoms with E-state index >= 15 is 0 Å². The second-order valence-corrected chi connectivity index (χ2v) is 5.83. The molecule has 2 nitrogen and oxygen atoms in total. The molecule has 3 heteroatoms. The maximum atomic E-state index is 6.24. The quantitative estimate of drug-likeness (QED) is 0.880. The first-order chi connectivity index (χ1) is 8.66. The molecule has 1 fully saturated rings. The number of hydrogen-bond donors (Lipinski definition) is 1. The highest BCUT2D eigenvalue weighted by Crippen LogP contribution is 2.23. The van der Waals surface area contributed by atoms with Gasteiger partial charge in [-0.05, 0) is 31.0 Å². The second-order valence-electron chi connectivity index (χ2n) is 5.42. The Kier molecular flexibility index (Phi) is 5.04. The molecule has 18 heavy (non-hydrogen) atoms. The first-order valence-electron chi connectivity index (χ1n) is 6.87. The number of hydrogen-bond acceptors (Lipinski definition) is 2. The lowest BCUT2D eigenvalue weighted by Crippen LogP contribution is -2.39. The van der Waals surface area contributed by atoms with Crippen molar-refractivity contribution in [3.05, 3.63) is 34.9 Å². The van der Waals surface area contributed by atoms with Gasteiger partial charge < -0.3 is 5.32 Å². The van der Waals surface area contributed by atoms with E-state index in [4.69, 9.17) is 11.6 Å². The molecule has 1 aromatic carbocycles. The van der Waals surface area contributed by atoms with Crippen molar-refractivity contribution in [3.63, 3.8) is 0 Å². The van der Waals surface area contributed by atoms with E-state index in [0.717, 1.165) is 18.1 Å². The number of rotatable bonds is 5. The van der Waals surface area contributed by atoms with Crippen LogP contribution in [-0.2, 0) is 6.54 Å². The van der Waals surface area contributed by atoms with Crippen molar-refractivity contribution in [1.29, 1.82) is 0 Å². The monoisotopic (exact) mass is 266 g/mol. The topological polar surface area (TPSA) is 15.3 Å². The van der Waals surface area contributed by atoms with Crippen LogP contribution in [0.5, 0.6) is 0 Å². The first kappa shape index (κ1) is 13.9. The Bertz CT molecular complexity index is 379. The minimum Gasteiger partial charge on any atom is -0.313 e. The van der Waals surface area contributed by atoms with Crippen molar-refractivity contribution < 1.29 is 0 Å². The lowest BCUT2D eigenvalue weighted by Gasteiger charge is -2.26. The van der Waals surface area contributed by atoms with Crippen LogP contribution in [0.1, 0.15) is 32.3 Å². The third-order valence-electron chi connectivity index (χ3n) is 3.59. The Hall–Kier alpha value is -0.570. The molecule has 0 spiro atoms. The van der Waals surface area contributed by atoms with Crippen LogP contribution in [0.2, 0.25) is 5.02 Å². The fourth-order valence-electron chi connectivity index (χ4n) is 2.55. The molecule has 1 saturated heterocycles. The third-order valence-corrected chi connectivity index (χ3v) is 3.96. The predicted octanol–water partition coefficient (Wildman–Crippen LogP) is 3.30. The molecule has 0 radical (unpaired) electrons. The third kappa shape index (κ3) is 3.71. The molecule has 100 valence electrons. The van der Waals surface area contributed by atoms with Crippen LogP contribution in [0.3, 0.4) is 0 Å². The van der Waals surface area contributed by atoms with Crippen molar-refractivity contribution in [2.75, 3.05) is 13.1 Å². The Morgan fingerprint density at radius 3 is 2.89 bits per heavy atom. The van der Waals surface area contributed by atoms with Crippen LogP contribution in [0.25, 0.3) is 0 Å². The number of benzene rings is 1. The lowest BCUT2D eigenvalue weighted by atomic mass is 10.1. The van der Waals surface area contributed by atoms with Gasteiger partial charge in [-0.25, -0.2) is 0 Å². The highest BCUT2D eigenvalue weighted by atomic mass is 35.5. The molecule has 0 aliphatic carbocycles. The summed E-state index contributed by atoms with van der Waals surface area (Å²) < 4.78 is 0. The normalized spacial score (nSPS) is 20.8. The number of likely N-dealkylation sites (tertiary alicyclic amines) is 1. The molecule has 1 aromatic rings. The van der Waals surface area contributed by atoms with Crippen molar-refractivity contribution in [3.8, 4) is 0 Å². The van der Waals surface area contributed by atoms with Crippen LogP contribution in [0.15, 0.2) is 24.3 Å². The van der Waals surface area contributed by atoms with Crippen LogP contribution >= 0.6 is 11.6 Å². The van der Waals surface area contributed by atoms with Crippen molar-refractivity contribution >= 4 is 11.6 Å². The van der Waals surface area contributed by atoms with Crippen molar-refractivity contribution in [2.24, 2.45) is 0 Å². The standard InChI is InChI=1S/C15H23ClN2/c1-12(2)17-10-14-7-5-9-18(14)11-13-6-3-4-8-15(13)16/h3-4,6,8,12,14,17H,5,7,9-11H2,1-2H3. The molecule has 1 aliphatic rings. The van der Waals surface area contributed by atoms with E-state index in [9.17, 15) is 0 Å². The lowest BCUT2D eigenvalue weighted by molar-refractivity contribution is 0.236. The van der Waals surface area contributed by atoms with Gasteiger partial charge in [0.25, 0.3) is 0 Å². The zero-order valence-corrected chi connectivity index (χ0v) is 12.1. The summed E-state index contributed by atoms with van der Waals surface area (Å²) in [7, 11) is 0. The van der Waals surface area contributed by atoms with Gasteiger partial charge in [0.2, 0.25) is 0 Å². The summed E-state index contributed by atoms with van der Waals surface area (Å²) in [5.74, 6) is 0. The van der Waals surface area contributed by atoms with E-state index in [1.165, 1.54) is 24.9 Å². The number of nitrogens with zero attached hydrogens (tertiary/aromatic N) is 1. The average molecular weight is 267 g/mol. The summed E-state index contributed by atoms with van der Waals surface area (Å²) in [6.07, 6.45) is 2.60. The summed E-state index contributed by atoms with van der Waals surface area (Å²) >= 11 is 6.24. The molecule has 0 saturated carbocycles. The Labute approximate surface area is 115 Å². The molecule has 1 N–H and O–H groups in total. The van der Waals surface area contributed by atoms with Crippen LogP contribution < -0.4 is 5.32 Å². The van der Waals surface area contributed by atoms with Crippen LogP contribution in [-0.4, -0.2) is 30.1 Å². The molecular weight excluding hydrogens is 244 g/mol. The predicted molar refractivity (Wildman–Crippen MR) is 78.0 cm³/mol. The number of nitrogens with one attached hydrogen (secondary N) is 1. The van der Waals surface area contributed by atoms with Crippen LogP contribution in [0.4, 0.5) is 0 Å². The summed E-state index contributed by atoms with van der Waals surface area (Å²) in [5.41, 5.74) is 1.25. The molecule has 1 atom stereocenters. The van der Waals surface area contributed by atoms with Gasteiger partial charge in [0, 0.05) is 30.2 Å². The van der Waals surface area contributed by atoms with E-state index in [-0.39, 0.29) is 0 Å². The Morgan fingerprint density at radius 1 is 1.39 bits per heavy atom. The summed E-state index contributed by atoms with van der Waals surface area (Å²) in [6, 6.07) is 9.39. The second kappa shape index (κ2) is 6.55. The zero-order chi connectivity index (χ0) is 13.0. The first-order valence-corrected chi connectivity index (χ1v) is 7.25. The molecule has 0 bridgehead atoms. The van der Waals surface area contributed by atoms with E-state index in [1.54, 1.807) is 0 Å².